The topological polar surface area (TPSA) is 89.2 Å². The molecular formula is C25H23NO6. The van der Waals surface area contributed by atoms with Crippen molar-refractivity contribution in [1.82, 2.24) is 0 Å². The van der Waals surface area contributed by atoms with E-state index in [9.17, 15) is 14.7 Å². The molecule has 4 rings (SSSR count). The number of benzene rings is 2. The fraction of sp³-hybridized carbons (Fsp3) is 0.200. The smallest absolute Gasteiger partial charge is 0.294 e. The molecule has 7 heteroatoms. The molecule has 0 saturated carbocycles. The van der Waals surface area contributed by atoms with Crippen LogP contribution in [-0.2, 0) is 4.79 Å². The van der Waals surface area contributed by atoms with Crippen LogP contribution in [0.3, 0.4) is 0 Å². The van der Waals surface area contributed by atoms with Gasteiger partial charge in [-0.05, 0) is 55.8 Å². The highest BCUT2D eigenvalue weighted by Crippen LogP contribution is 2.43. The average Bonchev–Trinajstić information content (AvgIpc) is 3.41. The van der Waals surface area contributed by atoms with Gasteiger partial charge in [-0.3, -0.25) is 14.5 Å². The number of amides is 1. The molecule has 1 aliphatic heterocycles. The van der Waals surface area contributed by atoms with Crippen molar-refractivity contribution in [2.24, 2.45) is 0 Å². The third kappa shape index (κ3) is 3.85. The summed E-state index contributed by atoms with van der Waals surface area (Å²) in [4.78, 5) is 27.8. The lowest BCUT2D eigenvalue weighted by Gasteiger charge is -2.27. The lowest BCUT2D eigenvalue weighted by atomic mass is 9.94. The van der Waals surface area contributed by atoms with E-state index in [1.54, 1.807) is 54.6 Å². The SMILES string of the molecule is COc1cccc(N2C(=O)C(O)=C(C(=O)c3ccco3)C2c2cccc(OC(C)C)c2)c1. The summed E-state index contributed by atoms with van der Waals surface area (Å²) in [5.41, 5.74) is 1.02. The van der Waals surface area contributed by atoms with Gasteiger partial charge < -0.3 is 19.0 Å². The molecule has 1 N–H and O–H groups in total. The summed E-state index contributed by atoms with van der Waals surface area (Å²) in [7, 11) is 1.52. The zero-order chi connectivity index (χ0) is 22.8. The van der Waals surface area contributed by atoms with Gasteiger partial charge in [0.2, 0.25) is 5.78 Å². The number of furan rings is 1. The number of methoxy groups -OCH3 is 1. The molecule has 1 atom stereocenters. The second-order valence-electron chi connectivity index (χ2n) is 7.59. The minimum absolute atomic E-state index is 0.0337. The molecular weight excluding hydrogens is 410 g/mol. The number of ether oxygens (including phenoxy) is 2. The highest BCUT2D eigenvalue weighted by molar-refractivity contribution is 6.20. The van der Waals surface area contributed by atoms with Crippen molar-refractivity contribution in [1.29, 1.82) is 0 Å². The van der Waals surface area contributed by atoms with E-state index < -0.39 is 23.5 Å². The summed E-state index contributed by atoms with van der Waals surface area (Å²) in [6, 6.07) is 16.2. The van der Waals surface area contributed by atoms with E-state index in [2.05, 4.69) is 0 Å². The molecule has 3 aromatic rings. The standard InChI is InChI=1S/C25H23NO6/c1-15(2)32-19-10-4-7-16(13-19)22-21(23(27)20-11-6-12-31-20)24(28)25(29)26(22)17-8-5-9-18(14-17)30-3/h4-15,22,28H,1-3H3. The predicted octanol–water partition coefficient (Wildman–Crippen LogP) is 4.86. The van der Waals surface area contributed by atoms with E-state index in [4.69, 9.17) is 13.9 Å². The molecule has 7 nitrogen and oxygen atoms in total. The number of anilines is 1. The Morgan fingerprint density at radius 1 is 1.06 bits per heavy atom. The molecule has 1 unspecified atom stereocenters. The van der Waals surface area contributed by atoms with E-state index in [-0.39, 0.29) is 17.4 Å². The zero-order valence-electron chi connectivity index (χ0n) is 17.9. The first kappa shape index (κ1) is 21.2. The Balaban J connectivity index is 1.87. The number of Topliss-reactive ketones (excluding diaryl/α,β-unsaturated/α-hetero) is 1. The van der Waals surface area contributed by atoms with Crippen LogP contribution in [0.25, 0.3) is 0 Å². The second kappa shape index (κ2) is 8.63. The van der Waals surface area contributed by atoms with Crippen molar-refractivity contribution in [3.63, 3.8) is 0 Å². The first-order chi connectivity index (χ1) is 15.4. The molecule has 1 amide bonds. The monoisotopic (exact) mass is 433 g/mol. The molecule has 0 bridgehead atoms. The van der Waals surface area contributed by atoms with Crippen LogP contribution in [-0.4, -0.2) is 30.0 Å². The van der Waals surface area contributed by atoms with Crippen molar-refractivity contribution in [3.05, 3.63) is 89.6 Å². The van der Waals surface area contributed by atoms with E-state index in [0.717, 1.165) is 0 Å². The number of aliphatic hydroxyl groups excluding tert-OH is 1. The van der Waals surface area contributed by atoms with E-state index in [1.165, 1.54) is 24.3 Å². The van der Waals surface area contributed by atoms with Crippen LogP contribution >= 0.6 is 0 Å². The maximum Gasteiger partial charge on any atom is 0.294 e. The lowest BCUT2D eigenvalue weighted by molar-refractivity contribution is -0.117. The average molecular weight is 433 g/mol. The van der Waals surface area contributed by atoms with Crippen molar-refractivity contribution in [3.8, 4) is 11.5 Å². The number of rotatable bonds is 7. The van der Waals surface area contributed by atoms with Gasteiger partial charge in [0.1, 0.15) is 11.5 Å². The van der Waals surface area contributed by atoms with Crippen molar-refractivity contribution < 1.29 is 28.6 Å². The number of aliphatic hydroxyl groups is 1. The third-order valence-corrected chi connectivity index (χ3v) is 5.07. The Labute approximate surface area is 185 Å². The quantitative estimate of drug-likeness (QED) is 0.536. The first-order valence-corrected chi connectivity index (χ1v) is 10.2. The van der Waals surface area contributed by atoms with Gasteiger partial charge in [0.05, 0.1) is 31.1 Å². The Bertz CT molecular complexity index is 1180. The molecule has 0 spiro atoms. The fourth-order valence-electron chi connectivity index (χ4n) is 3.75. The van der Waals surface area contributed by atoms with E-state index in [0.29, 0.717) is 22.7 Å². The van der Waals surface area contributed by atoms with Gasteiger partial charge >= 0.3 is 0 Å². The third-order valence-electron chi connectivity index (χ3n) is 5.07. The van der Waals surface area contributed by atoms with E-state index >= 15 is 0 Å². The molecule has 0 fully saturated rings. The number of nitrogens with zero attached hydrogens (tertiary/aromatic N) is 1. The van der Waals surface area contributed by atoms with Crippen molar-refractivity contribution in [2.45, 2.75) is 26.0 Å². The van der Waals surface area contributed by atoms with Gasteiger partial charge in [0, 0.05) is 11.8 Å². The van der Waals surface area contributed by atoms with Gasteiger partial charge in [0.25, 0.3) is 5.91 Å². The number of hydrogen-bond donors (Lipinski definition) is 1. The maximum absolute atomic E-state index is 13.3. The molecule has 164 valence electrons. The van der Waals surface area contributed by atoms with Crippen LogP contribution in [0.5, 0.6) is 11.5 Å². The van der Waals surface area contributed by atoms with Crippen molar-refractivity contribution in [2.75, 3.05) is 12.0 Å². The van der Waals surface area contributed by atoms with Crippen LogP contribution in [0.4, 0.5) is 5.69 Å². The summed E-state index contributed by atoms with van der Waals surface area (Å²) in [6.45, 7) is 3.82. The highest BCUT2D eigenvalue weighted by atomic mass is 16.5. The fourth-order valence-corrected chi connectivity index (χ4v) is 3.75. The molecule has 1 aromatic heterocycles. The molecule has 0 saturated heterocycles. The Kier molecular flexibility index (Phi) is 5.73. The Morgan fingerprint density at radius 3 is 2.50 bits per heavy atom. The van der Waals surface area contributed by atoms with Crippen LogP contribution in [0.1, 0.15) is 36.0 Å². The van der Waals surface area contributed by atoms with Gasteiger partial charge in [-0.25, -0.2) is 0 Å². The van der Waals surface area contributed by atoms with E-state index in [1.807, 2.05) is 13.8 Å². The normalized spacial score (nSPS) is 16.1. The van der Waals surface area contributed by atoms with Gasteiger partial charge in [-0.15, -0.1) is 0 Å². The molecule has 2 aromatic carbocycles. The molecule has 0 radical (unpaired) electrons. The number of ketones is 1. The second-order valence-corrected chi connectivity index (χ2v) is 7.59. The van der Waals surface area contributed by atoms with Crippen LogP contribution < -0.4 is 14.4 Å². The van der Waals surface area contributed by atoms with Crippen LogP contribution in [0.2, 0.25) is 0 Å². The van der Waals surface area contributed by atoms with Crippen LogP contribution in [0.15, 0.2) is 82.7 Å². The minimum Gasteiger partial charge on any atom is -0.503 e. The molecule has 32 heavy (non-hydrogen) atoms. The molecule has 1 aliphatic rings. The summed E-state index contributed by atoms with van der Waals surface area (Å²) in [5, 5.41) is 10.8. The Morgan fingerprint density at radius 2 is 1.81 bits per heavy atom. The van der Waals surface area contributed by atoms with Crippen LogP contribution in [0, 0.1) is 0 Å². The highest BCUT2D eigenvalue weighted by Gasteiger charge is 2.45. The summed E-state index contributed by atoms with van der Waals surface area (Å²) in [6.07, 6.45) is 1.31. The lowest BCUT2D eigenvalue weighted by Crippen LogP contribution is -2.31. The molecule has 0 aliphatic carbocycles. The summed E-state index contributed by atoms with van der Waals surface area (Å²) >= 11 is 0. The largest absolute Gasteiger partial charge is 0.503 e. The van der Waals surface area contributed by atoms with Gasteiger partial charge in [-0.2, -0.15) is 0 Å². The minimum atomic E-state index is -0.886. The summed E-state index contributed by atoms with van der Waals surface area (Å²) < 4.78 is 16.4. The summed E-state index contributed by atoms with van der Waals surface area (Å²) in [5.74, 6) is -0.705. The zero-order valence-corrected chi connectivity index (χ0v) is 17.9. The van der Waals surface area contributed by atoms with Crippen molar-refractivity contribution >= 4 is 17.4 Å². The number of carbonyl (C=O) groups excluding carboxylic acids is 2. The first-order valence-electron chi connectivity index (χ1n) is 10.2. The van der Waals surface area contributed by atoms with Gasteiger partial charge in [-0.1, -0.05) is 18.2 Å². The maximum atomic E-state index is 13.3. The Hall–Kier alpha value is -4.00. The predicted molar refractivity (Wildman–Crippen MR) is 118 cm³/mol. The molecule has 2 heterocycles. The number of hydrogen-bond acceptors (Lipinski definition) is 6. The van der Waals surface area contributed by atoms with Gasteiger partial charge in [0.15, 0.2) is 11.5 Å². The number of carbonyl (C=O) groups is 2.